The van der Waals surface area contributed by atoms with E-state index in [-0.39, 0.29) is 0 Å². The first-order chi connectivity index (χ1) is 12.3. The van der Waals surface area contributed by atoms with Gasteiger partial charge in [0.2, 0.25) is 0 Å². The molecule has 0 spiro atoms. The molecule has 0 radical (unpaired) electrons. The van der Waals surface area contributed by atoms with E-state index in [9.17, 15) is 0 Å². The molecule has 2 aromatic carbocycles. The molecule has 3 N–H and O–H groups in total. The molecule has 0 aromatic heterocycles. The van der Waals surface area contributed by atoms with Gasteiger partial charge >= 0.3 is 0 Å². The smallest absolute Gasteiger partial charge is 0.119 e. The molecule has 3 rings (SSSR count). The normalized spacial score (nSPS) is 12.6. The molecule has 1 aliphatic heterocycles. The van der Waals surface area contributed by atoms with Gasteiger partial charge in [0.25, 0.3) is 0 Å². The predicted molar refractivity (Wildman–Crippen MR) is 103 cm³/mol. The number of hydrogen-bond donors (Lipinski definition) is 2. The van der Waals surface area contributed by atoms with Crippen molar-refractivity contribution in [2.45, 2.75) is 33.2 Å². The molecule has 4 heteroatoms. The third kappa shape index (κ3) is 6.40. The van der Waals surface area contributed by atoms with Gasteiger partial charge in [0, 0.05) is 6.54 Å². The van der Waals surface area contributed by atoms with Crippen LogP contribution < -0.4 is 20.5 Å². The van der Waals surface area contributed by atoms with Gasteiger partial charge in [-0.25, -0.2) is 0 Å². The van der Waals surface area contributed by atoms with Gasteiger partial charge in [0.1, 0.15) is 11.5 Å². The van der Waals surface area contributed by atoms with Gasteiger partial charge in [-0.3, -0.25) is 0 Å². The van der Waals surface area contributed by atoms with Crippen LogP contribution in [-0.2, 0) is 19.4 Å². The van der Waals surface area contributed by atoms with Crippen molar-refractivity contribution >= 4 is 0 Å². The average molecular weight is 342 g/mol. The summed E-state index contributed by atoms with van der Waals surface area (Å²) in [4.78, 5) is 0. The van der Waals surface area contributed by atoms with Crippen molar-refractivity contribution in [2.24, 2.45) is 5.73 Å². The second-order valence-corrected chi connectivity index (χ2v) is 5.91. The fraction of sp³-hybridized carbons (Fsp3) is 0.429. The Hall–Kier alpha value is -2.04. The number of nitrogens with two attached hydrogens (primary N) is 1. The van der Waals surface area contributed by atoms with E-state index in [0.717, 1.165) is 44.0 Å². The van der Waals surface area contributed by atoms with E-state index in [4.69, 9.17) is 15.2 Å². The monoisotopic (exact) mass is 342 g/mol. The van der Waals surface area contributed by atoms with Gasteiger partial charge in [-0.05, 0) is 80.7 Å². The summed E-state index contributed by atoms with van der Waals surface area (Å²) in [7, 11) is 0. The van der Waals surface area contributed by atoms with Crippen molar-refractivity contribution in [3.8, 4) is 11.5 Å². The van der Waals surface area contributed by atoms with Crippen molar-refractivity contribution in [3.05, 3.63) is 59.2 Å². The largest absolute Gasteiger partial charge is 0.494 e. The van der Waals surface area contributed by atoms with E-state index in [1.54, 1.807) is 0 Å². The summed E-state index contributed by atoms with van der Waals surface area (Å²) in [6, 6.07) is 14.4. The van der Waals surface area contributed by atoms with Crippen LogP contribution in [0.4, 0.5) is 0 Å². The van der Waals surface area contributed by atoms with Gasteiger partial charge in [-0.1, -0.05) is 18.2 Å². The fourth-order valence-corrected chi connectivity index (χ4v) is 2.83. The van der Waals surface area contributed by atoms with Crippen LogP contribution in [-0.4, -0.2) is 26.3 Å². The number of rotatable bonds is 6. The Morgan fingerprint density at radius 2 is 1.72 bits per heavy atom. The fourth-order valence-electron chi connectivity index (χ4n) is 2.83. The zero-order valence-corrected chi connectivity index (χ0v) is 15.4. The molecule has 0 amide bonds. The van der Waals surface area contributed by atoms with Crippen molar-refractivity contribution in [2.75, 3.05) is 26.3 Å². The van der Waals surface area contributed by atoms with Crippen LogP contribution in [0.15, 0.2) is 42.5 Å². The lowest BCUT2D eigenvalue weighted by atomic mass is 10.0. The standard InChI is InChI=1S/C11H15NO.C10H15NO/c1-2-13-11-4-3-10-8-12-6-5-9(10)7-11;1-2-12-10-5-3-4-9(8-10)6-7-11/h3-4,7,12H,2,5-6,8H2,1H3;3-5,8H,2,6-7,11H2,1H3. The van der Waals surface area contributed by atoms with E-state index < -0.39 is 0 Å². The summed E-state index contributed by atoms with van der Waals surface area (Å²) in [6.07, 6.45) is 2.04. The summed E-state index contributed by atoms with van der Waals surface area (Å²) < 4.78 is 10.8. The lowest BCUT2D eigenvalue weighted by Gasteiger charge is -2.17. The maximum Gasteiger partial charge on any atom is 0.119 e. The third-order valence-electron chi connectivity index (χ3n) is 4.02. The first-order valence-electron chi connectivity index (χ1n) is 9.14. The Labute approximate surface area is 151 Å². The molecule has 1 aliphatic rings. The Morgan fingerprint density at radius 3 is 2.44 bits per heavy atom. The lowest BCUT2D eigenvalue weighted by Crippen LogP contribution is -2.23. The number of hydrogen-bond acceptors (Lipinski definition) is 4. The highest BCUT2D eigenvalue weighted by Gasteiger charge is 2.08. The van der Waals surface area contributed by atoms with Crippen LogP contribution >= 0.6 is 0 Å². The molecule has 136 valence electrons. The topological polar surface area (TPSA) is 56.5 Å². The highest BCUT2D eigenvalue weighted by atomic mass is 16.5. The van der Waals surface area contributed by atoms with E-state index in [1.165, 1.54) is 16.7 Å². The van der Waals surface area contributed by atoms with Crippen LogP contribution in [0.5, 0.6) is 11.5 Å². The molecule has 0 aliphatic carbocycles. The molecule has 25 heavy (non-hydrogen) atoms. The second-order valence-electron chi connectivity index (χ2n) is 5.91. The van der Waals surface area contributed by atoms with Gasteiger partial charge in [0.05, 0.1) is 13.2 Å². The first kappa shape index (κ1) is 19.3. The number of nitrogens with one attached hydrogen (secondary N) is 1. The van der Waals surface area contributed by atoms with Crippen molar-refractivity contribution in [1.29, 1.82) is 0 Å². The third-order valence-corrected chi connectivity index (χ3v) is 4.02. The molecule has 0 saturated carbocycles. The average Bonchev–Trinajstić information content (AvgIpc) is 2.63. The van der Waals surface area contributed by atoms with Crippen LogP contribution in [0.1, 0.15) is 30.5 Å². The predicted octanol–water partition coefficient (Wildman–Crippen LogP) is 3.32. The molecular weight excluding hydrogens is 312 g/mol. The molecule has 0 unspecified atom stereocenters. The zero-order valence-electron chi connectivity index (χ0n) is 15.4. The quantitative estimate of drug-likeness (QED) is 0.845. The number of fused-ring (bicyclic) bond motifs is 1. The van der Waals surface area contributed by atoms with Crippen molar-refractivity contribution in [3.63, 3.8) is 0 Å². The maximum absolute atomic E-state index is 5.45. The minimum atomic E-state index is 0.690. The first-order valence-corrected chi connectivity index (χ1v) is 9.14. The van der Waals surface area contributed by atoms with Crippen molar-refractivity contribution < 1.29 is 9.47 Å². The maximum atomic E-state index is 5.45. The molecule has 4 nitrogen and oxygen atoms in total. The summed E-state index contributed by atoms with van der Waals surface area (Å²) in [5, 5.41) is 3.35. The molecule has 2 aromatic rings. The molecule has 0 fully saturated rings. The highest BCUT2D eigenvalue weighted by Crippen LogP contribution is 2.20. The summed E-state index contributed by atoms with van der Waals surface area (Å²) >= 11 is 0. The molecule has 0 bridgehead atoms. The minimum absolute atomic E-state index is 0.690. The van der Waals surface area contributed by atoms with Crippen molar-refractivity contribution in [1.82, 2.24) is 5.32 Å². The second kappa shape index (κ2) is 10.7. The summed E-state index contributed by atoms with van der Waals surface area (Å²) in [5.74, 6) is 1.94. The Morgan fingerprint density at radius 1 is 0.960 bits per heavy atom. The Kier molecular flexibility index (Phi) is 8.29. The van der Waals surface area contributed by atoms with Gasteiger partial charge < -0.3 is 20.5 Å². The summed E-state index contributed by atoms with van der Waals surface area (Å²) in [6.45, 7) is 8.24. The molecule has 0 atom stereocenters. The SMILES string of the molecule is CCOc1ccc2c(c1)CCNC2.CCOc1cccc(CCN)c1. The van der Waals surface area contributed by atoms with Crippen LogP contribution in [0.25, 0.3) is 0 Å². The van der Waals surface area contributed by atoms with Gasteiger partial charge in [0.15, 0.2) is 0 Å². The zero-order chi connectivity index (χ0) is 17.9. The molecular formula is C21H30N2O2. The number of benzene rings is 2. The van der Waals surface area contributed by atoms with Gasteiger partial charge in [-0.2, -0.15) is 0 Å². The molecule has 1 heterocycles. The van der Waals surface area contributed by atoms with E-state index >= 15 is 0 Å². The Balaban J connectivity index is 0.000000181. The summed E-state index contributed by atoms with van der Waals surface area (Å²) in [5.41, 5.74) is 9.53. The lowest BCUT2D eigenvalue weighted by molar-refractivity contribution is 0.339. The van der Waals surface area contributed by atoms with Crippen LogP contribution in [0.2, 0.25) is 0 Å². The van der Waals surface area contributed by atoms with Gasteiger partial charge in [-0.15, -0.1) is 0 Å². The van der Waals surface area contributed by atoms with E-state index in [1.807, 2.05) is 32.0 Å². The van der Waals surface area contributed by atoms with E-state index in [0.29, 0.717) is 13.2 Å². The molecule has 0 saturated heterocycles. The number of ether oxygens (including phenoxy) is 2. The Bertz CT molecular complexity index is 622. The highest BCUT2D eigenvalue weighted by molar-refractivity contribution is 5.37. The van der Waals surface area contributed by atoms with E-state index in [2.05, 4.69) is 29.6 Å². The van der Waals surface area contributed by atoms with Crippen LogP contribution in [0, 0.1) is 0 Å². The minimum Gasteiger partial charge on any atom is -0.494 e. The van der Waals surface area contributed by atoms with Crippen LogP contribution in [0.3, 0.4) is 0 Å².